The average molecular weight is 299 g/mol. The normalized spacial score (nSPS) is 20.5. The third-order valence-electron chi connectivity index (χ3n) is 4.15. The minimum absolute atomic E-state index is 0.0562. The second-order valence-electron chi connectivity index (χ2n) is 5.70. The van der Waals surface area contributed by atoms with Gasteiger partial charge >= 0.3 is 0 Å². The number of amides is 1. The van der Waals surface area contributed by atoms with Crippen LogP contribution < -0.4 is 10.6 Å². The summed E-state index contributed by atoms with van der Waals surface area (Å²) in [6.45, 7) is 0.834. The minimum Gasteiger partial charge on any atom is -0.385 e. The van der Waals surface area contributed by atoms with E-state index in [-0.39, 0.29) is 11.8 Å². The number of fused-ring (bicyclic) bond motifs is 1. The molecular weight excluding hydrogens is 282 g/mol. The van der Waals surface area contributed by atoms with Crippen LogP contribution in [0.1, 0.15) is 42.4 Å². The van der Waals surface area contributed by atoms with E-state index in [1.807, 2.05) is 24.3 Å². The molecule has 0 saturated heterocycles. The number of carbonyl (C=O) groups excluding carboxylic acids is 1. The van der Waals surface area contributed by atoms with Crippen LogP contribution in [0.4, 0.5) is 10.8 Å². The van der Waals surface area contributed by atoms with Crippen LogP contribution in [0.5, 0.6) is 0 Å². The highest BCUT2D eigenvalue weighted by Crippen LogP contribution is 2.41. The van der Waals surface area contributed by atoms with Gasteiger partial charge in [-0.05, 0) is 30.9 Å². The Bertz CT molecular complexity index is 678. The van der Waals surface area contributed by atoms with Crippen LogP contribution in [0.25, 0.3) is 0 Å². The van der Waals surface area contributed by atoms with Crippen molar-refractivity contribution in [2.24, 2.45) is 0 Å². The number of nitrogens with zero attached hydrogens (tertiary/aromatic N) is 1. The molecule has 4 rings (SSSR count). The van der Waals surface area contributed by atoms with Gasteiger partial charge in [0.15, 0.2) is 5.13 Å². The first-order valence-electron chi connectivity index (χ1n) is 7.40. The lowest BCUT2D eigenvalue weighted by Gasteiger charge is -2.25. The number of aromatic nitrogens is 1. The maximum atomic E-state index is 12.6. The standard InChI is InChI=1S/C16H17N3OS/c20-15(19-16-18-14(9-21-16)10-5-6-10)12-7-8-17-13-4-2-1-3-11(12)13/h1-4,9-10,12,17H,5-8H2,(H,18,19,20). The average Bonchev–Trinajstić information content (AvgIpc) is 3.27. The topological polar surface area (TPSA) is 54.0 Å². The molecule has 21 heavy (non-hydrogen) atoms. The number of rotatable bonds is 3. The zero-order valence-electron chi connectivity index (χ0n) is 11.6. The zero-order chi connectivity index (χ0) is 14.2. The summed E-state index contributed by atoms with van der Waals surface area (Å²) < 4.78 is 0. The molecule has 1 aliphatic heterocycles. The van der Waals surface area contributed by atoms with E-state index in [2.05, 4.69) is 21.0 Å². The number of carbonyl (C=O) groups is 1. The number of para-hydroxylation sites is 1. The monoisotopic (exact) mass is 299 g/mol. The molecule has 0 spiro atoms. The van der Waals surface area contributed by atoms with Crippen molar-refractivity contribution in [3.8, 4) is 0 Å². The van der Waals surface area contributed by atoms with Crippen LogP contribution >= 0.6 is 11.3 Å². The van der Waals surface area contributed by atoms with Crippen molar-refractivity contribution in [1.82, 2.24) is 4.98 Å². The van der Waals surface area contributed by atoms with E-state index in [1.54, 1.807) is 0 Å². The van der Waals surface area contributed by atoms with E-state index in [0.717, 1.165) is 35.0 Å². The van der Waals surface area contributed by atoms with Crippen molar-refractivity contribution >= 4 is 28.1 Å². The third-order valence-corrected chi connectivity index (χ3v) is 4.92. The summed E-state index contributed by atoms with van der Waals surface area (Å²) in [5.41, 5.74) is 3.29. The molecule has 2 heterocycles. The second-order valence-corrected chi connectivity index (χ2v) is 6.55. The van der Waals surface area contributed by atoms with Gasteiger partial charge in [-0.2, -0.15) is 0 Å². The second kappa shape index (κ2) is 5.15. The van der Waals surface area contributed by atoms with E-state index >= 15 is 0 Å². The van der Waals surface area contributed by atoms with E-state index in [0.29, 0.717) is 5.92 Å². The first-order chi connectivity index (χ1) is 10.3. The van der Waals surface area contributed by atoms with Crippen molar-refractivity contribution in [3.05, 3.63) is 40.9 Å². The number of thiazole rings is 1. The molecule has 1 atom stereocenters. The molecule has 0 bridgehead atoms. The Morgan fingerprint density at radius 1 is 1.29 bits per heavy atom. The summed E-state index contributed by atoms with van der Waals surface area (Å²) in [6.07, 6.45) is 3.29. The van der Waals surface area contributed by atoms with E-state index in [4.69, 9.17) is 0 Å². The number of benzene rings is 1. The molecule has 1 saturated carbocycles. The van der Waals surface area contributed by atoms with Gasteiger partial charge < -0.3 is 10.6 Å². The van der Waals surface area contributed by atoms with Crippen molar-refractivity contribution in [2.45, 2.75) is 31.1 Å². The fraction of sp³-hybridized carbons (Fsp3) is 0.375. The lowest BCUT2D eigenvalue weighted by atomic mass is 9.90. The number of hydrogen-bond donors (Lipinski definition) is 2. The van der Waals surface area contributed by atoms with Crippen molar-refractivity contribution < 1.29 is 4.79 Å². The first-order valence-corrected chi connectivity index (χ1v) is 8.28. The van der Waals surface area contributed by atoms with Gasteiger partial charge in [0, 0.05) is 23.5 Å². The van der Waals surface area contributed by atoms with Crippen LogP contribution in [0, 0.1) is 0 Å². The van der Waals surface area contributed by atoms with Crippen LogP contribution in [0.3, 0.4) is 0 Å². The largest absolute Gasteiger partial charge is 0.385 e. The van der Waals surface area contributed by atoms with Crippen molar-refractivity contribution in [2.75, 3.05) is 17.2 Å². The highest BCUT2D eigenvalue weighted by molar-refractivity contribution is 7.13. The zero-order valence-corrected chi connectivity index (χ0v) is 12.5. The summed E-state index contributed by atoms with van der Waals surface area (Å²) in [6, 6.07) is 8.04. The predicted octanol–water partition coefficient (Wildman–Crippen LogP) is 3.56. The van der Waals surface area contributed by atoms with Gasteiger partial charge in [-0.25, -0.2) is 4.98 Å². The fourth-order valence-corrected chi connectivity index (χ4v) is 3.64. The Morgan fingerprint density at radius 3 is 3.00 bits per heavy atom. The van der Waals surface area contributed by atoms with Crippen molar-refractivity contribution in [3.63, 3.8) is 0 Å². The van der Waals surface area contributed by atoms with Gasteiger partial charge in [0.1, 0.15) is 0 Å². The lowest BCUT2D eigenvalue weighted by Crippen LogP contribution is -2.27. The van der Waals surface area contributed by atoms with Gasteiger partial charge in [0.25, 0.3) is 0 Å². The van der Waals surface area contributed by atoms with Gasteiger partial charge in [-0.3, -0.25) is 4.79 Å². The Kier molecular flexibility index (Phi) is 3.15. The maximum Gasteiger partial charge on any atom is 0.233 e. The number of hydrogen-bond acceptors (Lipinski definition) is 4. The summed E-state index contributed by atoms with van der Waals surface area (Å²) >= 11 is 1.53. The summed E-state index contributed by atoms with van der Waals surface area (Å²) in [7, 11) is 0. The number of nitrogens with one attached hydrogen (secondary N) is 2. The quantitative estimate of drug-likeness (QED) is 0.911. The lowest BCUT2D eigenvalue weighted by molar-refractivity contribution is -0.117. The molecule has 2 aliphatic rings. The van der Waals surface area contributed by atoms with Crippen LogP contribution in [-0.4, -0.2) is 17.4 Å². The van der Waals surface area contributed by atoms with Gasteiger partial charge in [0.2, 0.25) is 5.91 Å². The Balaban J connectivity index is 1.52. The first kappa shape index (κ1) is 12.8. The summed E-state index contributed by atoms with van der Waals surface area (Å²) in [4.78, 5) is 17.1. The fourth-order valence-electron chi connectivity index (χ4n) is 2.84. The molecule has 1 unspecified atom stereocenters. The molecule has 4 nitrogen and oxygen atoms in total. The minimum atomic E-state index is -0.0873. The Hall–Kier alpha value is -1.88. The van der Waals surface area contributed by atoms with Crippen molar-refractivity contribution in [1.29, 1.82) is 0 Å². The van der Waals surface area contributed by atoms with Crippen LogP contribution in [0.15, 0.2) is 29.6 Å². The summed E-state index contributed by atoms with van der Waals surface area (Å²) in [5.74, 6) is 0.600. The Labute approximate surface area is 127 Å². The molecule has 1 aromatic carbocycles. The van der Waals surface area contributed by atoms with Crippen LogP contribution in [0.2, 0.25) is 0 Å². The molecule has 1 aliphatic carbocycles. The van der Waals surface area contributed by atoms with Gasteiger partial charge in [-0.1, -0.05) is 18.2 Å². The highest BCUT2D eigenvalue weighted by atomic mass is 32.1. The SMILES string of the molecule is O=C(Nc1nc(C2CC2)cs1)C1CCNc2ccccc21. The third kappa shape index (κ3) is 2.53. The molecule has 1 amide bonds. The molecule has 1 aromatic heterocycles. The predicted molar refractivity (Wildman–Crippen MR) is 85.0 cm³/mol. The molecular formula is C16H17N3OS. The molecule has 2 aromatic rings. The highest BCUT2D eigenvalue weighted by Gasteiger charge is 2.28. The molecule has 5 heteroatoms. The smallest absolute Gasteiger partial charge is 0.233 e. The molecule has 0 radical (unpaired) electrons. The summed E-state index contributed by atoms with van der Waals surface area (Å²) in [5, 5.41) is 9.15. The molecule has 2 N–H and O–H groups in total. The molecule has 1 fully saturated rings. The van der Waals surface area contributed by atoms with Gasteiger partial charge in [-0.15, -0.1) is 11.3 Å². The number of anilines is 2. The maximum absolute atomic E-state index is 12.6. The van der Waals surface area contributed by atoms with Gasteiger partial charge in [0.05, 0.1) is 11.6 Å². The Morgan fingerprint density at radius 2 is 2.14 bits per heavy atom. The molecule has 108 valence electrons. The van der Waals surface area contributed by atoms with E-state index in [9.17, 15) is 4.79 Å². The van der Waals surface area contributed by atoms with Crippen LogP contribution in [-0.2, 0) is 4.79 Å². The van der Waals surface area contributed by atoms with E-state index in [1.165, 1.54) is 24.2 Å². The van der Waals surface area contributed by atoms with E-state index < -0.39 is 0 Å².